The Morgan fingerprint density at radius 1 is 1.00 bits per heavy atom. The Bertz CT molecular complexity index is 544. The molecule has 2 heteroatoms. The molecule has 0 amide bonds. The van der Waals surface area contributed by atoms with Crippen LogP contribution in [0.5, 0.6) is 5.75 Å². The normalized spacial score (nSPS) is 10.6. The number of nitrogens with one attached hydrogen (secondary N) is 1. The fourth-order valence-electron chi connectivity index (χ4n) is 2.13. The molecular formula is C17H21NO. The first-order chi connectivity index (χ1) is 9.11. The lowest BCUT2D eigenvalue weighted by Gasteiger charge is -2.14. The summed E-state index contributed by atoms with van der Waals surface area (Å²) < 4.78 is 5.45. The number of anilines is 2. The smallest absolute Gasteiger partial charge is 0.145 e. The van der Waals surface area contributed by atoms with E-state index in [1.807, 2.05) is 25.1 Å². The third-order valence-corrected chi connectivity index (χ3v) is 3.27. The van der Waals surface area contributed by atoms with Crippen molar-refractivity contribution in [3.05, 3.63) is 53.6 Å². The van der Waals surface area contributed by atoms with Crippen LogP contribution in [-0.2, 0) is 0 Å². The van der Waals surface area contributed by atoms with Crippen LogP contribution in [0.15, 0.2) is 42.5 Å². The fraction of sp³-hybridized carbons (Fsp3) is 0.294. The average Bonchev–Trinajstić information content (AvgIpc) is 2.39. The molecular weight excluding hydrogens is 234 g/mol. The molecule has 100 valence electrons. The summed E-state index contributed by atoms with van der Waals surface area (Å²) in [6.07, 6.45) is 0. The van der Waals surface area contributed by atoms with Crippen molar-refractivity contribution in [3.8, 4) is 5.75 Å². The number of methoxy groups -OCH3 is 1. The summed E-state index contributed by atoms with van der Waals surface area (Å²) in [5.41, 5.74) is 4.56. The third kappa shape index (κ3) is 3.08. The van der Waals surface area contributed by atoms with E-state index >= 15 is 0 Å². The zero-order valence-corrected chi connectivity index (χ0v) is 12.0. The average molecular weight is 255 g/mol. The van der Waals surface area contributed by atoms with E-state index in [0.717, 1.165) is 22.7 Å². The summed E-state index contributed by atoms with van der Waals surface area (Å²) >= 11 is 0. The summed E-state index contributed by atoms with van der Waals surface area (Å²) in [6, 6.07) is 14.6. The Morgan fingerprint density at radius 3 is 2.26 bits per heavy atom. The summed E-state index contributed by atoms with van der Waals surface area (Å²) in [7, 11) is 1.70. The summed E-state index contributed by atoms with van der Waals surface area (Å²) in [6.45, 7) is 6.45. The van der Waals surface area contributed by atoms with Gasteiger partial charge in [0.15, 0.2) is 0 Å². The van der Waals surface area contributed by atoms with E-state index in [-0.39, 0.29) is 0 Å². The van der Waals surface area contributed by atoms with E-state index in [2.05, 4.69) is 43.4 Å². The van der Waals surface area contributed by atoms with E-state index in [0.29, 0.717) is 5.92 Å². The van der Waals surface area contributed by atoms with E-state index < -0.39 is 0 Å². The SMILES string of the molecule is COc1c(C)cccc1Nc1ccc(C(C)C)cc1. The molecule has 0 saturated heterocycles. The minimum Gasteiger partial charge on any atom is -0.494 e. The van der Waals surface area contributed by atoms with Crippen LogP contribution in [0.3, 0.4) is 0 Å². The minimum absolute atomic E-state index is 0.558. The summed E-state index contributed by atoms with van der Waals surface area (Å²) in [4.78, 5) is 0. The van der Waals surface area contributed by atoms with Gasteiger partial charge >= 0.3 is 0 Å². The molecule has 0 aliphatic carbocycles. The monoisotopic (exact) mass is 255 g/mol. The molecule has 0 atom stereocenters. The van der Waals surface area contributed by atoms with Crippen LogP contribution in [0.1, 0.15) is 30.9 Å². The Balaban J connectivity index is 2.24. The molecule has 2 aromatic carbocycles. The number of aryl methyl sites for hydroxylation is 1. The molecule has 0 spiro atoms. The Kier molecular flexibility index (Phi) is 4.10. The molecule has 1 N–H and O–H groups in total. The molecule has 0 saturated carbocycles. The Hall–Kier alpha value is -1.96. The minimum atomic E-state index is 0.558. The van der Waals surface area contributed by atoms with Gasteiger partial charge in [0.25, 0.3) is 0 Å². The van der Waals surface area contributed by atoms with Gasteiger partial charge in [0.1, 0.15) is 5.75 Å². The van der Waals surface area contributed by atoms with Crippen LogP contribution < -0.4 is 10.1 Å². The number of ether oxygens (including phenoxy) is 1. The zero-order valence-electron chi connectivity index (χ0n) is 12.0. The predicted octanol–water partition coefficient (Wildman–Crippen LogP) is 4.87. The van der Waals surface area contributed by atoms with Gasteiger partial charge in [0.05, 0.1) is 12.8 Å². The van der Waals surface area contributed by atoms with Gasteiger partial charge < -0.3 is 10.1 Å². The number of hydrogen-bond donors (Lipinski definition) is 1. The van der Waals surface area contributed by atoms with Gasteiger partial charge in [-0.15, -0.1) is 0 Å². The van der Waals surface area contributed by atoms with Gasteiger partial charge in [-0.05, 0) is 42.2 Å². The predicted molar refractivity (Wildman–Crippen MR) is 81.5 cm³/mol. The van der Waals surface area contributed by atoms with Gasteiger partial charge in [-0.3, -0.25) is 0 Å². The lowest BCUT2D eigenvalue weighted by Crippen LogP contribution is -1.96. The van der Waals surface area contributed by atoms with Crippen molar-refractivity contribution in [1.82, 2.24) is 0 Å². The molecule has 2 aromatic rings. The molecule has 0 aromatic heterocycles. The lowest BCUT2D eigenvalue weighted by atomic mass is 10.0. The molecule has 2 nitrogen and oxygen atoms in total. The van der Waals surface area contributed by atoms with Crippen LogP contribution in [0.2, 0.25) is 0 Å². The maximum atomic E-state index is 5.45. The van der Waals surface area contributed by atoms with Crippen molar-refractivity contribution >= 4 is 11.4 Å². The van der Waals surface area contributed by atoms with Gasteiger partial charge in [-0.25, -0.2) is 0 Å². The summed E-state index contributed by atoms with van der Waals surface area (Å²) in [5, 5.41) is 3.41. The highest BCUT2D eigenvalue weighted by molar-refractivity contribution is 5.68. The summed E-state index contributed by atoms with van der Waals surface area (Å²) in [5.74, 6) is 1.46. The Morgan fingerprint density at radius 2 is 1.68 bits per heavy atom. The molecule has 0 radical (unpaired) electrons. The van der Waals surface area contributed by atoms with Crippen LogP contribution in [0.25, 0.3) is 0 Å². The second kappa shape index (κ2) is 5.79. The molecule has 0 unspecified atom stereocenters. The van der Waals surface area contributed by atoms with Gasteiger partial charge in [-0.2, -0.15) is 0 Å². The number of rotatable bonds is 4. The van der Waals surface area contributed by atoms with Crippen molar-refractivity contribution in [2.45, 2.75) is 26.7 Å². The van der Waals surface area contributed by atoms with E-state index in [1.165, 1.54) is 5.56 Å². The van der Waals surface area contributed by atoms with Crippen molar-refractivity contribution in [2.75, 3.05) is 12.4 Å². The lowest BCUT2D eigenvalue weighted by molar-refractivity contribution is 0.414. The molecule has 2 rings (SSSR count). The number of para-hydroxylation sites is 1. The molecule has 19 heavy (non-hydrogen) atoms. The zero-order chi connectivity index (χ0) is 13.8. The first-order valence-corrected chi connectivity index (χ1v) is 6.62. The van der Waals surface area contributed by atoms with Crippen molar-refractivity contribution in [3.63, 3.8) is 0 Å². The highest BCUT2D eigenvalue weighted by Crippen LogP contribution is 2.31. The quantitative estimate of drug-likeness (QED) is 0.841. The molecule has 0 heterocycles. The standard InChI is InChI=1S/C17H21NO/c1-12(2)14-8-10-15(11-9-14)18-16-7-5-6-13(3)17(16)19-4/h5-12,18H,1-4H3. The van der Waals surface area contributed by atoms with E-state index in [9.17, 15) is 0 Å². The van der Waals surface area contributed by atoms with Gasteiger partial charge in [0, 0.05) is 5.69 Å². The first kappa shape index (κ1) is 13.5. The molecule has 0 bridgehead atoms. The van der Waals surface area contributed by atoms with Crippen molar-refractivity contribution in [2.24, 2.45) is 0 Å². The third-order valence-electron chi connectivity index (χ3n) is 3.27. The van der Waals surface area contributed by atoms with Crippen molar-refractivity contribution < 1.29 is 4.74 Å². The van der Waals surface area contributed by atoms with Gasteiger partial charge in [-0.1, -0.05) is 38.1 Å². The largest absolute Gasteiger partial charge is 0.494 e. The van der Waals surface area contributed by atoms with Crippen LogP contribution >= 0.6 is 0 Å². The highest BCUT2D eigenvalue weighted by Gasteiger charge is 2.06. The first-order valence-electron chi connectivity index (χ1n) is 6.62. The number of benzene rings is 2. The van der Waals surface area contributed by atoms with Crippen molar-refractivity contribution in [1.29, 1.82) is 0 Å². The van der Waals surface area contributed by atoms with E-state index in [1.54, 1.807) is 7.11 Å². The van der Waals surface area contributed by atoms with Crippen LogP contribution in [-0.4, -0.2) is 7.11 Å². The number of hydrogen-bond acceptors (Lipinski definition) is 2. The van der Waals surface area contributed by atoms with Crippen LogP contribution in [0, 0.1) is 6.92 Å². The van der Waals surface area contributed by atoms with E-state index in [4.69, 9.17) is 4.74 Å². The fourth-order valence-corrected chi connectivity index (χ4v) is 2.13. The topological polar surface area (TPSA) is 21.3 Å². The molecule has 0 fully saturated rings. The van der Waals surface area contributed by atoms with Crippen LogP contribution in [0.4, 0.5) is 11.4 Å². The maximum absolute atomic E-state index is 5.45. The maximum Gasteiger partial charge on any atom is 0.145 e. The highest BCUT2D eigenvalue weighted by atomic mass is 16.5. The second-order valence-corrected chi connectivity index (χ2v) is 5.06. The van der Waals surface area contributed by atoms with Gasteiger partial charge in [0.2, 0.25) is 0 Å². The second-order valence-electron chi connectivity index (χ2n) is 5.06. The molecule has 0 aliphatic rings. The molecule has 0 aliphatic heterocycles. The Labute approximate surface area is 115 Å².